The molecule has 6 nitrogen and oxygen atoms in total. The molecule has 0 aliphatic heterocycles. The summed E-state index contributed by atoms with van der Waals surface area (Å²) in [5, 5.41) is 18.3. The number of benzene rings is 2. The van der Waals surface area contributed by atoms with Gasteiger partial charge in [-0.05, 0) is 11.6 Å². The molecular weight excluding hydrogens is 384 g/mol. The fraction of sp³-hybridized carbons (Fsp3) is 0.182. The lowest BCUT2D eigenvalue weighted by molar-refractivity contribution is 0.102. The summed E-state index contributed by atoms with van der Waals surface area (Å²) in [4.78, 5) is 12.8. The molecule has 0 aliphatic rings. The minimum atomic E-state index is -0.00952. The molecule has 2 heterocycles. The number of thioether (sulfide) groups is 1. The van der Waals surface area contributed by atoms with Gasteiger partial charge in [0.15, 0.2) is 5.78 Å². The fourth-order valence-corrected chi connectivity index (χ4v) is 3.83. The average Bonchev–Trinajstić information content (AvgIpc) is 3.36. The van der Waals surface area contributed by atoms with Gasteiger partial charge in [-0.15, -0.1) is 10.2 Å². The Bertz CT molecular complexity index is 1170. The number of rotatable bonds is 8. The highest BCUT2D eigenvalue weighted by Crippen LogP contribution is 2.25. The Morgan fingerprint density at radius 1 is 1.10 bits per heavy atom. The molecule has 7 heteroatoms. The van der Waals surface area contributed by atoms with E-state index < -0.39 is 0 Å². The van der Waals surface area contributed by atoms with Crippen LogP contribution < -0.4 is 0 Å². The number of nitrogens with zero attached hydrogens (tertiary/aromatic N) is 4. The molecule has 0 radical (unpaired) electrons. The summed E-state index contributed by atoms with van der Waals surface area (Å²) in [5.74, 6) is 0.725. The van der Waals surface area contributed by atoms with Gasteiger partial charge in [-0.1, -0.05) is 60.3 Å². The molecule has 0 spiro atoms. The predicted octanol–water partition coefficient (Wildman–Crippen LogP) is 4.50. The zero-order valence-corrected chi connectivity index (χ0v) is 16.4. The van der Waals surface area contributed by atoms with E-state index in [-0.39, 0.29) is 11.5 Å². The molecule has 2 aromatic carbocycles. The van der Waals surface area contributed by atoms with Crippen molar-refractivity contribution < 1.29 is 9.21 Å². The van der Waals surface area contributed by atoms with E-state index >= 15 is 0 Å². The normalized spacial score (nSPS) is 10.9. The zero-order chi connectivity index (χ0) is 20.1. The van der Waals surface area contributed by atoms with Crippen molar-refractivity contribution in [3.63, 3.8) is 0 Å². The first-order valence-corrected chi connectivity index (χ1v) is 10.2. The summed E-state index contributed by atoms with van der Waals surface area (Å²) in [7, 11) is 0. The van der Waals surface area contributed by atoms with Gasteiger partial charge in [-0.25, -0.2) is 0 Å². The second-order valence-corrected chi connectivity index (χ2v) is 7.42. The minimum Gasteiger partial charge on any atom is -0.416 e. The third-order valence-corrected chi connectivity index (χ3v) is 5.35. The van der Waals surface area contributed by atoms with E-state index in [1.807, 2.05) is 65.4 Å². The number of carbonyl (C=O) groups excluding carboxylic acids is 1. The number of hydrogen-bond acceptors (Lipinski definition) is 6. The molecule has 0 saturated carbocycles. The van der Waals surface area contributed by atoms with E-state index in [9.17, 15) is 4.79 Å². The Morgan fingerprint density at radius 2 is 1.90 bits per heavy atom. The number of hydrogen-bond donors (Lipinski definition) is 0. The first-order chi connectivity index (χ1) is 14.2. The van der Waals surface area contributed by atoms with Crippen LogP contribution in [0.4, 0.5) is 0 Å². The third kappa shape index (κ3) is 4.39. The SMILES string of the molecule is N#CCCn1cc(C(=O)CSc2nnc(Cc3ccccc3)o2)c2ccccc21. The first-order valence-electron chi connectivity index (χ1n) is 9.21. The number of carbonyl (C=O) groups is 1. The maximum Gasteiger partial charge on any atom is 0.277 e. The van der Waals surface area contributed by atoms with Crippen LogP contribution >= 0.6 is 11.8 Å². The summed E-state index contributed by atoms with van der Waals surface area (Å²) in [6.07, 6.45) is 2.79. The molecule has 4 aromatic rings. The molecule has 29 heavy (non-hydrogen) atoms. The van der Waals surface area contributed by atoms with Crippen LogP contribution in [0.25, 0.3) is 10.9 Å². The summed E-state index contributed by atoms with van der Waals surface area (Å²) in [6.45, 7) is 0.559. The van der Waals surface area contributed by atoms with E-state index in [0.717, 1.165) is 16.5 Å². The molecule has 144 valence electrons. The van der Waals surface area contributed by atoms with Gasteiger partial charge in [-0.3, -0.25) is 4.79 Å². The van der Waals surface area contributed by atoms with Gasteiger partial charge >= 0.3 is 0 Å². The van der Waals surface area contributed by atoms with Gasteiger partial charge in [-0.2, -0.15) is 5.26 Å². The Hall–Kier alpha value is -3.37. The lowest BCUT2D eigenvalue weighted by atomic mass is 10.1. The molecule has 0 atom stereocenters. The Balaban J connectivity index is 1.45. The number of ketones is 1. The van der Waals surface area contributed by atoms with Crippen molar-refractivity contribution in [1.29, 1.82) is 5.26 Å². The molecule has 2 aromatic heterocycles. The number of para-hydroxylation sites is 1. The molecule has 0 aliphatic carbocycles. The largest absolute Gasteiger partial charge is 0.416 e. The molecule has 4 rings (SSSR count). The van der Waals surface area contributed by atoms with E-state index in [2.05, 4.69) is 16.3 Å². The Morgan fingerprint density at radius 3 is 2.72 bits per heavy atom. The number of fused-ring (bicyclic) bond motifs is 1. The number of aryl methyl sites for hydroxylation is 1. The molecule has 0 fully saturated rings. The minimum absolute atomic E-state index is 0.00952. The van der Waals surface area contributed by atoms with Crippen LogP contribution in [0.5, 0.6) is 0 Å². The molecule has 0 bridgehead atoms. The Kier molecular flexibility index (Phi) is 5.73. The van der Waals surface area contributed by atoms with Crippen LogP contribution in [-0.4, -0.2) is 26.3 Å². The molecule has 0 unspecified atom stereocenters. The highest BCUT2D eigenvalue weighted by atomic mass is 32.2. The smallest absolute Gasteiger partial charge is 0.277 e. The zero-order valence-electron chi connectivity index (χ0n) is 15.6. The van der Waals surface area contributed by atoms with E-state index in [0.29, 0.717) is 36.1 Å². The maximum absolute atomic E-state index is 12.8. The van der Waals surface area contributed by atoms with E-state index in [4.69, 9.17) is 9.68 Å². The van der Waals surface area contributed by atoms with Crippen LogP contribution in [0.2, 0.25) is 0 Å². The highest BCUT2D eigenvalue weighted by Gasteiger charge is 2.17. The lowest BCUT2D eigenvalue weighted by Crippen LogP contribution is -2.02. The van der Waals surface area contributed by atoms with Crippen LogP contribution in [0.3, 0.4) is 0 Å². The van der Waals surface area contributed by atoms with Crippen molar-refractivity contribution in [2.45, 2.75) is 24.6 Å². The summed E-state index contributed by atoms with van der Waals surface area (Å²) < 4.78 is 7.63. The quantitative estimate of drug-likeness (QED) is 0.319. The van der Waals surface area contributed by atoms with Crippen LogP contribution in [-0.2, 0) is 13.0 Å². The lowest BCUT2D eigenvalue weighted by Gasteiger charge is -2.00. The topological polar surface area (TPSA) is 84.7 Å². The number of Topliss-reactive ketones (excluding diaryl/α,β-unsaturated/α-hetero) is 1. The number of nitriles is 1. The second kappa shape index (κ2) is 8.76. The second-order valence-electron chi connectivity index (χ2n) is 6.50. The van der Waals surface area contributed by atoms with Crippen molar-refractivity contribution in [3.8, 4) is 6.07 Å². The Labute approximate surface area is 172 Å². The van der Waals surface area contributed by atoms with Crippen molar-refractivity contribution in [2.24, 2.45) is 0 Å². The summed E-state index contributed by atoms with van der Waals surface area (Å²) in [5.41, 5.74) is 2.70. The van der Waals surface area contributed by atoms with Gasteiger partial charge in [0.25, 0.3) is 5.22 Å². The third-order valence-electron chi connectivity index (χ3n) is 4.53. The van der Waals surface area contributed by atoms with Gasteiger partial charge in [0.05, 0.1) is 24.7 Å². The molecule has 0 amide bonds. The summed E-state index contributed by atoms with van der Waals surface area (Å²) in [6, 6.07) is 19.8. The van der Waals surface area contributed by atoms with E-state index in [1.54, 1.807) is 0 Å². The standard InChI is InChI=1S/C22H18N4O2S/c23-11-6-12-26-14-18(17-9-4-5-10-19(17)26)20(27)15-29-22-25-24-21(28-22)13-16-7-2-1-3-8-16/h1-5,7-10,14H,6,12-13,15H2. The van der Waals surface area contributed by atoms with Crippen molar-refractivity contribution >= 4 is 28.4 Å². The van der Waals surface area contributed by atoms with Crippen LogP contribution in [0, 0.1) is 11.3 Å². The molecule has 0 N–H and O–H groups in total. The van der Waals surface area contributed by atoms with Crippen molar-refractivity contribution in [2.75, 3.05) is 5.75 Å². The van der Waals surface area contributed by atoms with Gasteiger partial charge in [0.2, 0.25) is 5.89 Å². The van der Waals surface area contributed by atoms with E-state index in [1.165, 1.54) is 11.8 Å². The summed E-state index contributed by atoms with van der Waals surface area (Å²) >= 11 is 1.24. The van der Waals surface area contributed by atoms with Crippen molar-refractivity contribution in [1.82, 2.24) is 14.8 Å². The predicted molar refractivity (Wildman–Crippen MR) is 111 cm³/mol. The molecular formula is C22H18N4O2S. The van der Waals surface area contributed by atoms with Crippen molar-refractivity contribution in [3.05, 3.63) is 77.8 Å². The van der Waals surface area contributed by atoms with Crippen LogP contribution in [0.15, 0.2) is 70.4 Å². The van der Waals surface area contributed by atoms with Gasteiger partial charge in [0, 0.05) is 29.2 Å². The maximum atomic E-state index is 12.8. The van der Waals surface area contributed by atoms with Gasteiger partial charge in [0.1, 0.15) is 0 Å². The highest BCUT2D eigenvalue weighted by molar-refractivity contribution is 7.99. The monoisotopic (exact) mass is 402 g/mol. The van der Waals surface area contributed by atoms with Crippen LogP contribution in [0.1, 0.15) is 28.2 Å². The average molecular weight is 402 g/mol. The molecule has 0 saturated heterocycles. The number of aromatic nitrogens is 3. The van der Waals surface area contributed by atoms with Gasteiger partial charge < -0.3 is 8.98 Å². The fourth-order valence-electron chi connectivity index (χ4n) is 3.17. The first kappa shape index (κ1) is 19.0.